The molecule has 20 heavy (non-hydrogen) atoms. The van der Waals surface area contributed by atoms with Crippen LogP contribution in [-0.4, -0.2) is 45.6 Å². The molecule has 1 aliphatic rings. The van der Waals surface area contributed by atoms with E-state index in [-0.39, 0.29) is 5.60 Å². The zero-order chi connectivity index (χ0) is 14.4. The SMILES string of the molecule is COC(C)(C)CCNc1ccccc1N1CCOCC1. The van der Waals surface area contributed by atoms with Crippen LogP contribution in [0.2, 0.25) is 0 Å². The standard InChI is InChI=1S/C16H26N2O2/c1-16(2,19-3)8-9-17-14-6-4-5-7-15(14)18-10-12-20-13-11-18/h4-7,17H,8-13H2,1-3H3. The quantitative estimate of drug-likeness (QED) is 0.867. The van der Waals surface area contributed by atoms with Gasteiger partial charge in [0.25, 0.3) is 0 Å². The molecule has 0 aromatic heterocycles. The maximum Gasteiger partial charge on any atom is 0.0642 e. The van der Waals surface area contributed by atoms with E-state index in [4.69, 9.17) is 9.47 Å². The Kier molecular flexibility index (Phi) is 5.26. The number of ether oxygens (including phenoxy) is 2. The molecule has 1 saturated heterocycles. The van der Waals surface area contributed by atoms with Gasteiger partial charge < -0.3 is 19.7 Å². The first-order chi connectivity index (χ1) is 9.62. The van der Waals surface area contributed by atoms with Gasteiger partial charge in [-0.1, -0.05) is 12.1 Å². The maximum absolute atomic E-state index is 5.46. The molecule has 112 valence electrons. The molecule has 1 heterocycles. The van der Waals surface area contributed by atoms with Crippen LogP contribution in [0.5, 0.6) is 0 Å². The summed E-state index contributed by atoms with van der Waals surface area (Å²) in [7, 11) is 1.77. The van der Waals surface area contributed by atoms with E-state index >= 15 is 0 Å². The lowest BCUT2D eigenvalue weighted by Gasteiger charge is -2.31. The summed E-state index contributed by atoms with van der Waals surface area (Å²) in [6.45, 7) is 8.67. The third-order valence-corrected chi connectivity index (χ3v) is 3.85. The molecule has 4 nitrogen and oxygen atoms in total. The molecule has 0 atom stereocenters. The second kappa shape index (κ2) is 6.95. The van der Waals surface area contributed by atoms with E-state index in [9.17, 15) is 0 Å². The predicted molar refractivity (Wildman–Crippen MR) is 83.7 cm³/mol. The summed E-state index contributed by atoms with van der Waals surface area (Å²) in [5, 5.41) is 3.54. The Morgan fingerprint density at radius 2 is 1.95 bits per heavy atom. The number of anilines is 2. The lowest BCUT2D eigenvalue weighted by atomic mass is 10.1. The number of nitrogens with zero attached hydrogens (tertiary/aromatic N) is 1. The molecule has 4 heteroatoms. The number of benzene rings is 1. The first-order valence-corrected chi connectivity index (χ1v) is 7.33. The summed E-state index contributed by atoms with van der Waals surface area (Å²) >= 11 is 0. The Bertz CT molecular complexity index is 415. The van der Waals surface area contributed by atoms with Crippen molar-refractivity contribution >= 4 is 11.4 Å². The molecule has 1 aromatic carbocycles. The minimum absolute atomic E-state index is 0.0824. The van der Waals surface area contributed by atoms with E-state index < -0.39 is 0 Å². The van der Waals surface area contributed by atoms with Gasteiger partial charge in [-0.3, -0.25) is 0 Å². The van der Waals surface area contributed by atoms with Crippen LogP contribution in [-0.2, 0) is 9.47 Å². The number of hydrogen-bond donors (Lipinski definition) is 1. The van der Waals surface area contributed by atoms with Gasteiger partial charge in [-0.15, -0.1) is 0 Å². The highest BCUT2D eigenvalue weighted by Gasteiger charge is 2.17. The minimum atomic E-state index is -0.0824. The average Bonchev–Trinajstić information content (AvgIpc) is 2.48. The lowest BCUT2D eigenvalue weighted by Crippen LogP contribution is -2.36. The molecule has 0 spiro atoms. The number of para-hydroxylation sites is 2. The summed E-state index contributed by atoms with van der Waals surface area (Å²) in [5.74, 6) is 0. The van der Waals surface area contributed by atoms with Crippen molar-refractivity contribution in [3.05, 3.63) is 24.3 Å². The molecular weight excluding hydrogens is 252 g/mol. The summed E-state index contributed by atoms with van der Waals surface area (Å²) < 4.78 is 10.9. The van der Waals surface area contributed by atoms with Gasteiger partial charge in [0.15, 0.2) is 0 Å². The van der Waals surface area contributed by atoms with Crippen molar-refractivity contribution < 1.29 is 9.47 Å². The average molecular weight is 278 g/mol. The predicted octanol–water partition coefficient (Wildman–Crippen LogP) is 2.75. The molecular formula is C16H26N2O2. The summed E-state index contributed by atoms with van der Waals surface area (Å²) in [6.07, 6.45) is 0.973. The van der Waals surface area contributed by atoms with E-state index in [1.165, 1.54) is 11.4 Å². The van der Waals surface area contributed by atoms with Crippen LogP contribution < -0.4 is 10.2 Å². The van der Waals surface area contributed by atoms with Crippen molar-refractivity contribution in [2.24, 2.45) is 0 Å². The summed E-state index contributed by atoms with van der Waals surface area (Å²) in [6, 6.07) is 8.49. The van der Waals surface area contributed by atoms with E-state index in [1.807, 2.05) is 0 Å². The molecule has 1 aliphatic heterocycles. The maximum atomic E-state index is 5.46. The fourth-order valence-corrected chi connectivity index (χ4v) is 2.30. The molecule has 0 unspecified atom stereocenters. The Hall–Kier alpha value is -1.26. The summed E-state index contributed by atoms with van der Waals surface area (Å²) in [4.78, 5) is 2.38. The van der Waals surface area contributed by atoms with E-state index in [2.05, 4.69) is 48.3 Å². The van der Waals surface area contributed by atoms with E-state index in [0.29, 0.717) is 0 Å². The number of hydrogen-bond acceptors (Lipinski definition) is 4. The van der Waals surface area contributed by atoms with Crippen molar-refractivity contribution in [2.75, 3.05) is 50.2 Å². The number of morpholine rings is 1. The van der Waals surface area contributed by atoms with Gasteiger partial charge in [-0.05, 0) is 32.4 Å². The van der Waals surface area contributed by atoms with Gasteiger partial charge in [-0.2, -0.15) is 0 Å². The Morgan fingerprint density at radius 3 is 2.65 bits per heavy atom. The third kappa shape index (κ3) is 4.12. The second-order valence-corrected chi connectivity index (χ2v) is 5.76. The van der Waals surface area contributed by atoms with Crippen LogP contribution >= 0.6 is 0 Å². The topological polar surface area (TPSA) is 33.7 Å². The van der Waals surface area contributed by atoms with Crippen molar-refractivity contribution in [1.29, 1.82) is 0 Å². The number of rotatable bonds is 6. The van der Waals surface area contributed by atoms with Crippen LogP contribution in [0, 0.1) is 0 Å². The van der Waals surface area contributed by atoms with Crippen LogP contribution in [0.15, 0.2) is 24.3 Å². The van der Waals surface area contributed by atoms with Gasteiger partial charge in [-0.25, -0.2) is 0 Å². The van der Waals surface area contributed by atoms with Crippen LogP contribution in [0.1, 0.15) is 20.3 Å². The molecule has 2 rings (SSSR count). The number of nitrogens with one attached hydrogen (secondary N) is 1. The molecule has 1 fully saturated rings. The molecule has 0 aliphatic carbocycles. The first-order valence-electron chi connectivity index (χ1n) is 7.33. The minimum Gasteiger partial charge on any atom is -0.383 e. The van der Waals surface area contributed by atoms with Gasteiger partial charge in [0.05, 0.1) is 30.2 Å². The van der Waals surface area contributed by atoms with Crippen molar-refractivity contribution in [1.82, 2.24) is 0 Å². The second-order valence-electron chi connectivity index (χ2n) is 5.76. The fraction of sp³-hybridized carbons (Fsp3) is 0.625. The van der Waals surface area contributed by atoms with Crippen molar-refractivity contribution in [3.8, 4) is 0 Å². The molecule has 1 aromatic rings. The smallest absolute Gasteiger partial charge is 0.0642 e. The van der Waals surface area contributed by atoms with Crippen LogP contribution in [0.4, 0.5) is 11.4 Å². The molecule has 0 radical (unpaired) electrons. The monoisotopic (exact) mass is 278 g/mol. The lowest BCUT2D eigenvalue weighted by molar-refractivity contribution is 0.0185. The normalized spacial score (nSPS) is 16.2. The van der Waals surface area contributed by atoms with Crippen LogP contribution in [0.3, 0.4) is 0 Å². The number of methoxy groups -OCH3 is 1. The van der Waals surface area contributed by atoms with Gasteiger partial charge in [0.1, 0.15) is 0 Å². The van der Waals surface area contributed by atoms with Crippen LogP contribution in [0.25, 0.3) is 0 Å². The van der Waals surface area contributed by atoms with Gasteiger partial charge in [0.2, 0.25) is 0 Å². The summed E-state index contributed by atoms with van der Waals surface area (Å²) in [5.41, 5.74) is 2.38. The molecule has 0 saturated carbocycles. The zero-order valence-corrected chi connectivity index (χ0v) is 12.8. The largest absolute Gasteiger partial charge is 0.383 e. The van der Waals surface area contributed by atoms with Crippen molar-refractivity contribution in [3.63, 3.8) is 0 Å². The van der Waals surface area contributed by atoms with Gasteiger partial charge in [0, 0.05) is 26.7 Å². The zero-order valence-electron chi connectivity index (χ0n) is 12.8. The molecule has 1 N–H and O–H groups in total. The highest BCUT2D eigenvalue weighted by Crippen LogP contribution is 2.26. The van der Waals surface area contributed by atoms with E-state index in [1.54, 1.807) is 7.11 Å². The van der Waals surface area contributed by atoms with E-state index in [0.717, 1.165) is 39.3 Å². The Balaban J connectivity index is 1.97. The first kappa shape index (κ1) is 15.1. The van der Waals surface area contributed by atoms with Gasteiger partial charge >= 0.3 is 0 Å². The highest BCUT2D eigenvalue weighted by molar-refractivity contribution is 5.70. The van der Waals surface area contributed by atoms with Crippen molar-refractivity contribution in [2.45, 2.75) is 25.9 Å². The fourth-order valence-electron chi connectivity index (χ4n) is 2.30. The third-order valence-electron chi connectivity index (χ3n) is 3.85. The molecule has 0 amide bonds. The Morgan fingerprint density at radius 1 is 1.25 bits per heavy atom. The highest BCUT2D eigenvalue weighted by atomic mass is 16.5. The Labute approximate surface area is 122 Å². The molecule has 0 bridgehead atoms.